The molecule has 0 amide bonds. The van der Waals surface area contributed by atoms with Gasteiger partial charge in [0.2, 0.25) is 6.79 Å². The number of hydrogen-bond acceptors (Lipinski definition) is 6. The van der Waals surface area contributed by atoms with Crippen LogP contribution in [-0.4, -0.2) is 26.7 Å². The van der Waals surface area contributed by atoms with Crippen molar-refractivity contribution in [2.75, 3.05) is 6.79 Å². The summed E-state index contributed by atoms with van der Waals surface area (Å²) in [5.41, 5.74) is 0.860. The molecule has 0 radical (unpaired) electrons. The van der Waals surface area contributed by atoms with Crippen LogP contribution in [0.1, 0.15) is 6.42 Å². The van der Waals surface area contributed by atoms with Crippen molar-refractivity contribution in [2.24, 2.45) is 0 Å². The fraction of sp³-hybridized carbons (Fsp3) is 0.250. The van der Waals surface area contributed by atoms with Crippen molar-refractivity contribution in [2.45, 2.75) is 18.1 Å². The van der Waals surface area contributed by atoms with Gasteiger partial charge in [-0.1, -0.05) is 0 Å². The molecule has 1 aromatic heterocycles. The second-order valence-electron chi connectivity index (χ2n) is 4.23. The number of ether oxygens (including phenoxy) is 2. The number of carbonyl (C=O) groups excluding carboxylic acids is 1. The van der Waals surface area contributed by atoms with Gasteiger partial charge in [0.1, 0.15) is 0 Å². The Bertz CT molecular complexity index is 683. The standard InChI is InChI=1S/C12H9N3O3S/c16-10-3-4-15-12(19-10)13-11(14-15)7-1-2-8-9(5-7)18-6-17-8/h1-2,5H,3-4,6H2. The minimum atomic E-state index is 0.136. The number of benzene rings is 1. The van der Waals surface area contributed by atoms with Crippen molar-refractivity contribution in [3.05, 3.63) is 18.2 Å². The zero-order chi connectivity index (χ0) is 12.8. The van der Waals surface area contributed by atoms with Crippen molar-refractivity contribution in [3.63, 3.8) is 0 Å². The number of carbonyl (C=O) groups is 1. The van der Waals surface area contributed by atoms with Gasteiger partial charge in [-0.25, -0.2) is 9.67 Å². The second-order valence-corrected chi connectivity index (χ2v) is 5.26. The molecule has 6 nitrogen and oxygen atoms in total. The molecule has 96 valence electrons. The third-order valence-electron chi connectivity index (χ3n) is 3.00. The largest absolute Gasteiger partial charge is 0.454 e. The molecule has 0 saturated heterocycles. The van der Waals surface area contributed by atoms with E-state index in [0.29, 0.717) is 29.7 Å². The van der Waals surface area contributed by atoms with Crippen molar-refractivity contribution in [1.29, 1.82) is 0 Å². The third kappa shape index (κ3) is 1.77. The van der Waals surface area contributed by atoms with E-state index in [2.05, 4.69) is 10.1 Å². The number of thioether (sulfide) groups is 1. The molecular weight excluding hydrogens is 266 g/mol. The van der Waals surface area contributed by atoms with E-state index in [-0.39, 0.29) is 11.9 Å². The third-order valence-corrected chi connectivity index (χ3v) is 3.92. The summed E-state index contributed by atoms with van der Waals surface area (Å²) in [5.74, 6) is 2.04. The van der Waals surface area contributed by atoms with Crippen LogP contribution >= 0.6 is 11.8 Å². The highest BCUT2D eigenvalue weighted by Gasteiger charge is 2.22. The van der Waals surface area contributed by atoms with E-state index < -0.39 is 0 Å². The van der Waals surface area contributed by atoms with Crippen LogP contribution < -0.4 is 9.47 Å². The fourth-order valence-corrected chi connectivity index (χ4v) is 2.82. The zero-order valence-electron chi connectivity index (χ0n) is 9.83. The molecule has 19 heavy (non-hydrogen) atoms. The first kappa shape index (κ1) is 10.9. The van der Waals surface area contributed by atoms with Crippen LogP contribution in [-0.2, 0) is 11.3 Å². The van der Waals surface area contributed by atoms with E-state index in [4.69, 9.17) is 9.47 Å². The number of aryl methyl sites for hydroxylation is 1. The lowest BCUT2D eigenvalue weighted by Gasteiger charge is -2.08. The molecule has 0 saturated carbocycles. The molecule has 0 spiro atoms. The average Bonchev–Trinajstić information content (AvgIpc) is 3.02. The van der Waals surface area contributed by atoms with Gasteiger partial charge in [0.15, 0.2) is 27.6 Å². The maximum Gasteiger partial charge on any atom is 0.231 e. The first-order chi connectivity index (χ1) is 9.29. The van der Waals surface area contributed by atoms with E-state index in [0.717, 1.165) is 23.1 Å². The van der Waals surface area contributed by atoms with Gasteiger partial charge in [0.05, 0.1) is 6.54 Å². The quantitative estimate of drug-likeness (QED) is 0.789. The molecular formula is C12H9N3O3S. The summed E-state index contributed by atoms with van der Waals surface area (Å²) in [5, 5.41) is 5.21. The summed E-state index contributed by atoms with van der Waals surface area (Å²) in [7, 11) is 0. The SMILES string of the molecule is O=C1CCn2nc(-c3ccc4c(c3)OCO4)nc2S1. The maximum atomic E-state index is 11.4. The van der Waals surface area contributed by atoms with E-state index in [1.165, 1.54) is 0 Å². The molecule has 1 aromatic carbocycles. The van der Waals surface area contributed by atoms with E-state index in [1.54, 1.807) is 4.68 Å². The van der Waals surface area contributed by atoms with Crippen molar-refractivity contribution < 1.29 is 14.3 Å². The molecule has 0 N–H and O–H groups in total. The van der Waals surface area contributed by atoms with Crippen molar-refractivity contribution >= 4 is 16.9 Å². The Morgan fingerprint density at radius 2 is 2.16 bits per heavy atom. The summed E-state index contributed by atoms with van der Waals surface area (Å²) in [6.07, 6.45) is 0.502. The second kappa shape index (κ2) is 3.99. The minimum absolute atomic E-state index is 0.136. The summed E-state index contributed by atoms with van der Waals surface area (Å²) < 4.78 is 12.4. The van der Waals surface area contributed by atoms with Crippen LogP contribution in [0, 0.1) is 0 Å². The molecule has 0 unspecified atom stereocenters. The van der Waals surface area contributed by atoms with Crippen molar-refractivity contribution in [1.82, 2.24) is 14.8 Å². The summed E-state index contributed by atoms with van der Waals surface area (Å²) in [6.45, 7) is 0.842. The molecule has 2 aromatic rings. The Morgan fingerprint density at radius 3 is 3.11 bits per heavy atom. The molecule has 3 heterocycles. The van der Waals surface area contributed by atoms with Crippen LogP contribution in [0.25, 0.3) is 11.4 Å². The first-order valence-corrected chi connectivity index (χ1v) is 6.67. The number of fused-ring (bicyclic) bond motifs is 2. The van der Waals surface area contributed by atoms with Crippen LogP contribution in [0.5, 0.6) is 11.5 Å². The van der Waals surface area contributed by atoms with Gasteiger partial charge >= 0.3 is 0 Å². The van der Waals surface area contributed by atoms with Gasteiger partial charge in [-0.3, -0.25) is 4.79 Å². The smallest absolute Gasteiger partial charge is 0.231 e. The summed E-state index contributed by atoms with van der Waals surface area (Å²) >= 11 is 1.15. The number of hydrogen-bond donors (Lipinski definition) is 0. The highest BCUT2D eigenvalue weighted by molar-refractivity contribution is 8.13. The molecule has 7 heteroatoms. The lowest BCUT2D eigenvalue weighted by atomic mass is 10.2. The van der Waals surface area contributed by atoms with Gasteiger partial charge in [0, 0.05) is 12.0 Å². The van der Waals surface area contributed by atoms with Gasteiger partial charge in [-0.15, -0.1) is 5.10 Å². The van der Waals surface area contributed by atoms with E-state index in [9.17, 15) is 4.79 Å². The lowest BCUT2D eigenvalue weighted by molar-refractivity contribution is -0.111. The highest BCUT2D eigenvalue weighted by atomic mass is 32.2. The van der Waals surface area contributed by atoms with E-state index in [1.807, 2.05) is 18.2 Å². The van der Waals surface area contributed by atoms with Gasteiger partial charge in [0.25, 0.3) is 0 Å². The average molecular weight is 275 g/mol. The fourth-order valence-electron chi connectivity index (χ4n) is 2.06. The summed E-state index contributed by atoms with van der Waals surface area (Å²) in [6, 6.07) is 5.59. The predicted octanol–water partition coefficient (Wildman–Crippen LogP) is 1.70. The number of aromatic nitrogens is 3. The topological polar surface area (TPSA) is 66.2 Å². The molecule has 4 rings (SSSR count). The van der Waals surface area contributed by atoms with Crippen LogP contribution in [0.2, 0.25) is 0 Å². The van der Waals surface area contributed by atoms with Gasteiger partial charge in [-0.05, 0) is 30.0 Å². The van der Waals surface area contributed by atoms with Gasteiger partial charge in [-0.2, -0.15) is 0 Å². The molecule has 0 bridgehead atoms. The first-order valence-electron chi connectivity index (χ1n) is 5.85. The molecule has 0 aliphatic carbocycles. The van der Waals surface area contributed by atoms with Crippen LogP contribution in [0.3, 0.4) is 0 Å². The predicted molar refractivity (Wildman–Crippen MR) is 67.1 cm³/mol. The lowest BCUT2D eigenvalue weighted by Crippen LogP contribution is -2.12. The van der Waals surface area contributed by atoms with Crippen LogP contribution in [0.15, 0.2) is 23.4 Å². The Balaban J connectivity index is 1.75. The minimum Gasteiger partial charge on any atom is -0.454 e. The maximum absolute atomic E-state index is 11.4. The molecule has 0 atom stereocenters. The Morgan fingerprint density at radius 1 is 1.26 bits per heavy atom. The number of rotatable bonds is 1. The molecule has 2 aliphatic heterocycles. The molecule has 2 aliphatic rings. The van der Waals surface area contributed by atoms with Crippen molar-refractivity contribution in [3.8, 4) is 22.9 Å². The van der Waals surface area contributed by atoms with Crippen LogP contribution in [0.4, 0.5) is 0 Å². The summed E-state index contributed by atoms with van der Waals surface area (Å²) in [4.78, 5) is 15.8. The highest BCUT2D eigenvalue weighted by Crippen LogP contribution is 2.36. The normalized spacial score (nSPS) is 16.5. The Kier molecular flexibility index (Phi) is 2.28. The Labute approximate surface area is 112 Å². The Hall–Kier alpha value is -2.02. The van der Waals surface area contributed by atoms with Gasteiger partial charge < -0.3 is 9.47 Å². The van der Waals surface area contributed by atoms with E-state index >= 15 is 0 Å². The zero-order valence-corrected chi connectivity index (χ0v) is 10.6. The monoisotopic (exact) mass is 275 g/mol. The number of nitrogens with zero attached hydrogens (tertiary/aromatic N) is 3. The molecule has 0 fully saturated rings.